The topological polar surface area (TPSA) is 119 Å². The van der Waals surface area contributed by atoms with E-state index in [9.17, 15) is 14.0 Å². The molecule has 3 atom stereocenters. The molecule has 1 aromatic carbocycles. The van der Waals surface area contributed by atoms with Crippen LogP contribution in [-0.4, -0.2) is 61.7 Å². The highest BCUT2D eigenvalue weighted by Crippen LogP contribution is 2.27. The third-order valence-electron chi connectivity index (χ3n) is 5.08. The quantitative estimate of drug-likeness (QED) is 0.685. The van der Waals surface area contributed by atoms with Crippen molar-refractivity contribution in [1.82, 2.24) is 30.4 Å². The van der Waals surface area contributed by atoms with E-state index in [0.29, 0.717) is 17.1 Å². The Kier molecular flexibility index (Phi) is 7.03. The zero-order valence-electron chi connectivity index (χ0n) is 17.8. The fraction of sp³-hybridized carbons (Fsp3) is 0.550. The van der Waals surface area contributed by atoms with Crippen molar-refractivity contribution in [3.8, 4) is 5.69 Å². The van der Waals surface area contributed by atoms with E-state index in [2.05, 4.69) is 20.8 Å². The van der Waals surface area contributed by atoms with Crippen LogP contribution < -0.4 is 11.1 Å². The number of rotatable bonds is 6. The molecular formula is C20H27ClFN7O2. The van der Waals surface area contributed by atoms with Crippen LogP contribution in [0.4, 0.5) is 4.39 Å². The van der Waals surface area contributed by atoms with Gasteiger partial charge in [0.05, 0.1) is 17.8 Å². The molecule has 31 heavy (non-hydrogen) atoms. The molecule has 0 aliphatic carbocycles. The second kappa shape index (κ2) is 9.37. The van der Waals surface area contributed by atoms with Crippen LogP contribution in [0.3, 0.4) is 0 Å². The van der Waals surface area contributed by atoms with Gasteiger partial charge in [0.25, 0.3) is 0 Å². The number of nitrogens with one attached hydrogen (secondary N) is 1. The Morgan fingerprint density at radius 3 is 2.77 bits per heavy atom. The molecule has 1 aliphatic rings. The minimum absolute atomic E-state index is 0.00555. The average molecular weight is 452 g/mol. The largest absolute Gasteiger partial charge is 0.320 e. The van der Waals surface area contributed by atoms with Gasteiger partial charge in [0.15, 0.2) is 0 Å². The summed E-state index contributed by atoms with van der Waals surface area (Å²) in [6.07, 6.45) is 0.664. The monoisotopic (exact) mass is 451 g/mol. The van der Waals surface area contributed by atoms with Crippen molar-refractivity contribution in [3.05, 3.63) is 35.1 Å². The third kappa shape index (κ3) is 6.05. The van der Waals surface area contributed by atoms with Gasteiger partial charge < -0.3 is 5.73 Å². The summed E-state index contributed by atoms with van der Waals surface area (Å²) >= 11 is 6.16. The van der Waals surface area contributed by atoms with Crippen LogP contribution in [0, 0.1) is 5.41 Å². The van der Waals surface area contributed by atoms with Crippen molar-refractivity contribution in [3.63, 3.8) is 0 Å². The zero-order valence-corrected chi connectivity index (χ0v) is 18.5. The number of aromatic nitrogens is 4. The lowest BCUT2D eigenvalue weighted by atomic mass is 9.88. The Hall–Kier alpha value is -2.43. The van der Waals surface area contributed by atoms with E-state index >= 15 is 0 Å². The Balaban J connectivity index is 1.74. The molecule has 3 rings (SSSR count). The average Bonchev–Trinajstić information content (AvgIpc) is 3.30. The van der Waals surface area contributed by atoms with Crippen molar-refractivity contribution < 1.29 is 14.0 Å². The SMILES string of the molecule is CC(C)(C)C[C@@H](N)C(=O)NC(=O)[C@@H]1C[C@@H](F)CN1Cc1cc(Cl)ccc1-n1cnnn1. The second-order valence-electron chi connectivity index (χ2n) is 9.03. The molecule has 0 unspecified atom stereocenters. The van der Waals surface area contributed by atoms with Crippen molar-refractivity contribution >= 4 is 23.4 Å². The Morgan fingerprint density at radius 2 is 2.13 bits per heavy atom. The predicted molar refractivity (Wildman–Crippen MR) is 113 cm³/mol. The number of likely N-dealkylation sites (tertiary alicyclic amines) is 1. The summed E-state index contributed by atoms with van der Waals surface area (Å²) in [6, 6.07) is 3.55. The summed E-state index contributed by atoms with van der Waals surface area (Å²) in [7, 11) is 0. The minimum atomic E-state index is -1.19. The molecule has 3 N–H and O–H groups in total. The Bertz CT molecular complexity index is 932. The first kappa shape index (κ1) is 23.2. The molecule has 168 valence electrons. The summed E-state index contributed by atoms with van der Waals surface area (Å²) in [4.78, 5) is 26.9. The van der Waals surface area contributed by atoms with Crippen LogP contribution in [0.1, 0.15) is 39.2 Å². The molecule has 0 saturated carbocycles. The highest BCUT2D eigenvalue weighted by atomic mass is 35.5. The standard InChI is InChI=1S/C20H27ClFN7O2/c1-20(2,3)8-15(23)18(30)25-19(31)17-7-14(22)10-28(17)9-12-6-13(21)4-5-16(12)29-11-24-26-27-29/h4-6,11,14-15,17H,7-10,23H2,1-3H3,(H,25,30,31)/t14-,15-,17+/m1/s1. The number of benzene rings is 1. The summed E-state index contributed by atoms with van der Waals surface area (Å²) in [5, 5.41) is 14.0. The van der Waals surface area contributed by atoms with Gasteiger partial charge in [-0.2, -0.15) is 0 Å². The van der Waals surface area contributed by atoms with Crippen molar-refractivity contribution in [2.45, 2.75) is 58.4 Å². The number of halogens is 2. The predicted octanol–water partition coefficient (Wildman–Crippen LogP) is 1.63. The molecule has 2 amide bonds. The normalized spacial score (nSPS) is 20.6. The van der Waals surface area contributed by atoms with E-state index in [4.69, 9.17) is 17.3 Å². The Morgan fingerprint density at radius 1 is 1.39 bits per heavy atom. The molecule has 1 aromatic heterocycles. The maximum Gasteiger partial charge on any atom is 0.244 e. The van der Waals surface area contributed by atoms with Crippen LogP contribution in [0.25, 0.3) is 5.69 Å². The van der Waals surface area contributed by atoms with Gasteiger partial charge in [0.2, 0.25) is 11.8 Å². The van der Waals surface area contributed by atoms with Gasteiger partial charge in [0, 0.05) is 24.5 Å². The molecule has 2 aromatic rings. The van der Waals surface area contributed by atoms with Crippen LogP contribution in [0.2, 0.25) is 5.02 Å². The third-order valence-corrected chi connectivity index (χ3v) is 5.32. The van der Waals surface area contributed by atoms with E-state index in [1.807, 2.05) is 20.8 Å². The molecule has 11 heteroatoms. The van der Waals surface area contributed by atoms with E-state index in [1.165, 1.54) is 11.0 Å². The molecule has 2 heterocycles. The highest BCUT2D eigenvalue weighted by molar-refractivity contribution is 6.30. The lowest BCUT2D eigenvalue weighted by Crippen LogP contribution is -2.50. The number of nitrogens with zero attached hydrogens (tertiary/aromatic N) is 5. The van der Waals surface area contributed by atoms with Crippen LogP contribution in [-0.2, 0) is 16.1 Å². The number of nitrogens with two attached hydrogens (primary N) is 1. The van der Waals surface area contributed by atoms with Gasteiger partial charge >= 0.3 is 0 Å². The van der Waals surface area contributed by atoms with Gasteiger partial charge in [-0.05, 0) is 46.0 Å². The second-order valence-corrected chi connectivity index (χ2v) is 9.47. The number of carbonyl (C=O) groups excluding carboxylic acids is 2. The molecule has 0 radical (unpaired) electrons. The minimum Gasteiger partial charge on any atom is -0.320 e. The number of amides is 2. The molecule has 1 aliphatic heterocycles. The van der Waals surface area contributed by atoms with Crippen molar-refractivity contribution in [2.24, 2.45) is 11.1 Å². The van der Waals surface area contributed by atoms with Gasteiger partial charge in [-0.1, -0.05) is 32.4 Å². The van der Waals surface area contributed by atoms with Gasteiger partial charge in [-0.3, -0.25) is 19.8 Å². The molecule has 1 fully saturated rings. The summed E-state index contributed by atoms with van der Waals surface area (Å²) in [5.74, 6) is -1.11. The smallest absolute Gasteiger partial charge is 0.244 e. The first-order chi connectivity index (χ1) is 14.5. The summed E-state index contributed by atoms with van der Waals surface area (Å²) in [5.41, 5.74) is 7.16. The fourth-order valence-corrected chi connectivity index (χ4v) is 3.93. The van der Waals surface area contributed by atoms with E-state index in [0.717, 1.165) is 5.56 Å². The lowest BCUT2D eigenvalue weighted by Gasteiger charge is -2.26. The zero-order chi connectivity index (χ0) is 22.8. The highest BCUT2D eigenvalue weighted by Gasteiger charge is 2.38. The maximum atomic E-state index is 14.3. The van der Waals surface area contributed by atoms with Crippen LogP contribution in [0.5, 0.6) is 0 Å². The first-order valence-electron chi connectivity index (χ1n) is 10.0. The number of hydrogen-bond donors (Lipinski definition) is 2. The van der Waals surface area contributed by atoms with Gasteiger partial charge in [0.1, 0.15) is 12.5 Å². The summed E-state index contributed by atoms with van der Waals surface area (Å²) < 4.78 is 15.7. The molecular weight excluding hydrogens is 425 g/mol. The molecule has 1 saturated heterocycles. The fourth-order valence-electron chi connectivity index (χ4n) is 3.74. The lowest BCUT2D eigenvalue weighted by molar-refractivity contribution is -0.134. The van der Waals surface area contributed by atoms with Crippen molar-refractivity contribution in [2.75, 3.05) is 6.54 Å². The Labute approximate surface area is 185 Å². The van der Waals surface area contributed by atoms with Crippen molar-refractivity contribution in [1.29, 1.82) is 0 Å². The molecule has 9 nitrogen and oxygen atoms in total. The van der Waals surface area contributed by atoms with Gasteiger partial charge in [-0.15, -0.1) is 5.10 Å². The van der Waals surface area contributed by atoms with Gasteiger partial charge in [-0.25, -0.2) is 9.07 Å². The number of tetrazole rings is 1. The van der Waals surface area contributed by atoms with E-state index < -0.39 is 30.1 Å². The maximum absolute atomic E-state index is 14.3. The number of carbonyl (C=O) groups is 2. The van der Waals surface area contributed by atoms with Crippen LogP contribution in [0.15, 0.2) is 24.5 Å². The van der Waals surface area contributed by atoms with E-state index in [1.54, 1.807) is 23.1 Å². The summed E-state index contributed by atoms with van der Waals surface area (Å²) in [6.45, 7) is 6.17. The van der Waals surface area contributed by atoms with E-state index in [-0.39, 0.29) is 24.9 Å². The molecule has 0 bridgehead atoms. The number of imide groups is 1. The number of hydrogen-bond acceptors (Lipinski definition) is 7. The van der Waals surface area contributed by atoms with Crippen LogP contribution >= 0.6 is 11.6 Å². The number of alkyl halides is 1. The first-order valence-corrected chi connectivity index (χ1v) is 10.4. The molecule has 0 spiro atoms.